The second-order valence-corrected chi connectivity index (χ2v) is 7.13. The van der Waals surface area contributed by atoms with Crippen molar-refractivity contribution < 1.29 is 18.7 Å². The van der Waals surface area contributed by atoms with Crippen molar-refractivity contribution in [3.05, 3.63) is 24.0 Å². The van der Waals surface area contributed by atoms with Crippen LogP contribution < -0.4 is 9.64 Å². The Labute approximate surface area is 143 Å². The highest BCUT2D eigenvalue weighted by Gasteiger charge is 2.29. The molecule has 1 aromatic carbocycles. The molecule has 2 rings (SSSR count). The maximum absolute atomic E-state index is 14.1. The molecule has 0 unspecified atom stereocenters. The molecule has 1 heterocycles. The normalized spacial score (nSPS) is 16.0. The number of rotatable bonds is 3. The van der Waals surface area contributed by atoms with E-state index in [-0.39, 0.29) is 18.0 Å². The SMILES string of the molecule is COc1ccc(F)c(N2CCC(N(C)C(=O)OC(C)(C)C)CC2)c1. The monoisotopic (exact) mass is 338 g/mol. The van der Waals surface area contributed by atoms with Crippen molar-refractivity contribution in [3.8, 4) is 5.75 Å². The van der Waals surface area contributed by atoms with Crippen molar-refractivity contribution in [2.24, 2.45) is 0 Å². The van der Waals surface area contributed by atoms with E-state index >= 15 is 0 Å². The Morgan fingerprint density at radius 3 is 2.46 bits per heavy atom. The molecule has 0 bridgehead atoms. The van der Waals surface area contributed by atoms with E-state index in [0.717, 1.165) is 12.8 Å². The van der Waals surface area contributed by atoms with Crippen LogP contribution in [-0.2, 0) is 4.74 Å². The van der Waals surface area contributed by atoms with Gasteiger partial charge in [0.25, 0.3) is 0 Å². The van der Waals surface area contributed by atoms with Crippen LogP contribution in [0, 0.1) is 5.82 Å². The lowest BCUT2D eigenvalue weighted by Crippen LogP contribution is -2.47. The number of methoxy groups -OCH3 is 1. The number of hydrogen-bond acceptors (Lipinski definition) is 4. The molecule has 0 saturated carbocycles. The molecule has 0 radical (unpaired) electrons. The van der Waals surface area contributed by atoms with Crippen LogP contribution in [0.15, 0.2) is 18.2 Å². The molecule has 0 spiro atoms. The van der Waals surface area contributed by atoms with Gasteiger partial charge in [0.15, 0.2) is 0 Å². The Hall–Kier alpha value is -1.98. The number of piperidine rings is 1. The van der Waals surface area contributed by atoms with E-state index in [9.17, 15) is 9.18 Å². The first-order valence-electron chi connectivity index (χ1n) is 8.25. The fourth-order valence-electron chi connectivity index (χ4n) is 2.84. The minimum Gasteiger partial charge on any atom is -0.497 e. The third-order valence-corrected chi connectivity index (χ3v) is 4.19. The number of carbonyl (C=O) groups excluding carboxylic acids is 1. The summed E-state index contributed by atoms with van der Waals surface area (Å²) < 4.78 is 24.7. The van der Waals surface area contributed by atoms with Crippen molar-refractivity contribution in [1.82, 2.24) is 4.90 Å². The topological polar surface area (TPSA) is 42.0 Å². The van der Waals surface area contributed by atoms with E-state index in [0.29, 0.717) is 24.5 Å². The van der Waals surface area contributed by atoms with Gasteiger partial charge in [-0.1, -0.05) is 0 Å². The van der Waals surface area contributed by atoms with Gasteiger partial charge in [-0.2, -0.15) is 0 Å². The van der Waals surface area contributed by atoms with Crippen LogP contribution in [0.3, 0.4) is 0 Å². The van der Waals surface area contributed by atoms with E-state index in [2.05, 4.69) is 0 Å². The molecule has 1 aliphatic rings. The number of hydrogen-bond donors (Lipinski definition) is 0. The van der Waals surface area contributed by atoms with Crippen LogP contribution in [0.1, 0.15) is 33.6 Å². The number of anilines is 1. The smallest absolute Gasteiger partial charge is 0.410 e. The second-order valence-electron chi connectivity index (χ2n) is 7.13. The van der Waals surface area contributed by atoms with Crippen molar-refractivity contribution in [3.63, 3.8) is 0 Å². The molecular weight excluding hydrogens is 311 g/mol. The minimum atomic E-state index is -0.504. The molecular formula is C18H27FN2O3. The molecule has 0 atom stereocenters. The van der Waals surface area contributed by atoms with Gasteiger partial charge in [-0.15, -0.1) is 0 Å². The summed E-state index contributed by atoms with van der Waals surface area (Å²) >= 11 is 0. The first-order chi connectivity index (χ1) is 11.2. The van der Waals surface area contributed by atoms with Gasteiger partial charge in [-0.05, 0) is 45.7 Å². The molecule has 1 saturated heterocycles. The third-order valence-electron chi connectivity index (χ3n) is 4.19. The van der Waals surface area contributed by atoms with Gasteiger partial charge in [0.1, 0.15) is 17.2 Å². The number of benzene rings is 1. The standard InChI is InChI=1S/C18H27FN2O3/c1-18(2,3)24-17(22)20(4)13-8-10-21(11-9-13)16-12-14(23-5)6-7-15(16)19/h6-7,12-13H,8-11H2,1-5H3. The van der Waals surface area contributed by atoms with Crippen LogP contribution in [0.4, 0.5) is 14.9 Å². The first kappa shape index (κ1) is 18.4. The highest BCUT2D eigenvalue weighted by atomic mass is 19.1. The van der Waals surface area contributed by atoms with Crippen molar-refractivity contribution >= 4 is 11.8 Å². The lowest BCUT2D eigenvalue weighted by Gasteiger charge is -2.38. The number of amides is 1. The summed E-state index contributed by atoms with van der Waals surface area (Å²) in [7, 11) is 3.33. The van der Waals surface area contributed by atoms with Gasteiger partial charge in [-0.3, -0.25) is 0 Å². The lowest BCUT2D eigenvalue weighted by molar-refractivity contribution is 0.0201. The molecule has 24 heavy (non-hydrogen) atoms. The van der Waals surface area contributed by atoms with Crippen LogP contribution in [0.25, 0.3) is 0 Å². The van der Waals surface area contributed by atoms with E-state index in [1.54, 1.807) is 31.2 Å². The van der Waals surface area contributed by atoms with Crippen molar-refractivity contribution in [2.75, 3.05) is 32.1 Å². The Bertz CT molecular complexity index is 578. The maximum Gasteiger partial charge on any atom is 0.410 e. The van der Waals surface area contributed by atoms with E-state index in [1.165, 1.54) is 6.07 Å². The Kier molecular flexibility index (Phi) is 5.57. The minimum absolute atomic E-state index is 0.102. The average molecular weight is 338 g/mol. The van der Waals surface area contributed by atoms with E-state index in [4.69, 9.17) is 9.47 Å². The summed E-state index contributed by atoms with van der Waals surface area (Å²) in [5.74, 6) is 0.383. The Morgan fingerprint density at radius 1 is 1.29 bits per heavy atom. The molecule has 0 N–H and O–H groups in total. The van der Waals surface area contributed by atoms with Gasteiger partial charge < -0.3 is 19.3 Å². The number of ether oxygens (including phenoxy) is 2. The zero-order valence-corrected chi connectivity index (χ0v) is 15.1. The first-order valence-corrected chi connectivity index (χ1v) is 8.25. The third kappa shape index (κ3) is 4.52. The van der Waals surface area contributed by atoms with Crippen LogP contribution >= 0.6 is 0 Å². The van der Waals surface area contributed by atoms with Gasteiger partial charge in [0.2, 0.25) is 0 Å². The molecule has 1 amide bonds. The van der Waals surface area contributed by atoms with E-state index in [1.807, 2.05) is 25.7 Å². The summed E-state index contributed by atoms with van der Waals surface area (Å²) in [6.07, 6.45) is 1.23. The van der Waals surface area contributed by atoms with Gasteiger partial charge in [-0.25, -0.2) is 9.18 Å². The van der Waals surface area contributed by atoms with Crippen molar-refractivity contribution in [1.29, 1.82) is 0 Å². The molecule has 6 heteroatoms. The second kappa shape index (κ2) is 7.28. The highest BCUT2D eigenvalue weighted by Crippen LogP contribution is 2.28. The fourth-order valence-corrected chi connectivity index (χ4v) is 2.84. The van der Waals surface area contributed by atoms with Gasteiger partial charge in [0, 0.05) is 32.2 Å². The van der Waals surface area contributed by atoms with Crippen LogP contribution in [-0.4, -0.2) is 49.9 Å². The number of carbonyl (C=O) groups is 1. The molecule has 1 fully saturated rings. The zero-order valence-electron chi connectivity index (χ0n) is 15.1. The van der Waals surface area contributed by atoms with Gasteiger partial charge >= 0.3 is 6.09 Å². The number of halogens is 1. The fraction of sp³-hybridized carbons (Fsp3) is 0.611. The quantitative estimate of drug-likeness (QED) is 0.843. The summed E-state index contributed by atoms with van der Waals surface area (Å²) in [6, 6.07) is 4.85. The summed E-state index contributed by atoms with van der Waals surface area (Å²) in [5, 5.41) is 0. The van der Waals surface area contributed by atoms with Crippen molar-refractivity contribution in [2.45, 2.75) is 45.3 Å². The summed E-state index contributed by atoms with van der Waals surface area (Å²) in [5.41, 5.74) is 0.0446. The maximum atomic E-state index is 14.1. The molecule has 134 valence electrons. The van der Waals surface area contributed by atoms with Crippen LogP contribution in [0.5, 0.6) is 5.75 Å². The number of nitrogens with zero attached hydrogens (tertiary/aromatic N) is 2. The predicted octanol–water partition coefficient (Wildman–Crippen LogP) is 3.67. The Morgan fingerprint density at radius 2 is 1.92 bits per heavy atom. The molecule has 5 nitrogen and oxygen atoms in total. The predicted molar refractivity (Wildman–Crippen MR) is 92.2 cm³/mol. The zero-order chi connectivity index (χ0) is 17.9. The molecule has 1 aliphatic heterocycles. The van der Waals surface area contributed by atoms with Gasteiger partial charge in [0.05, 0.1) is 12.8 Å². The molecule has 0 aromatic heterocycles. The molecule has 0 aliphatic carbocycles. The van der Waals surface area contributed by atoms with E-state index < -0.39 is 5.60 Å². The summed E-state index contributed by atoms with van der Waals surface area (Å²) in [4.78, 5) is 15.8. The Balaban J connectivity index is 1.97. The molecule has 1 aromatic rings. The largest absolute Gasteiger partial charge is 0.497 e. The summed E-state index contributed by atoms with van der Waals surface area (Å²) in [6.45, 7) is 6.93. The highest BCUT2D eigenvalue weighted by molar-refractivity contribution is 5.68. The average Bonchev–Trinajstić information content (AvgIpc) is 2.53. The van der Waals surface area contributed by atoms with Crippen LogP contribution in [0.2, 0.25) is 0 Å². The lowest BCUT2D eigenvalue weighted by atomic mass is 10.0.